The molecule has 1 aromatic heterocycles. The summed E-state index contributed by atoms with van der Waals surface area (Å²) in [5, 5.41) is 30.1. The van der Waals surface area contributed by atoms with E-state index in [9.17, 15) is 15.3 Å². The summed E-state index contributed by atoms with van der Waals surface area (Å²) >= 11 is 9.57. The number of ether oxygens (including phenoxy) is 2. The van der Waals surface area contributed by atoms with Crippen LogP contribution in [0.4, 0.5) is 0 Å². The first-order chi connectivity index (χ1) is 9.99. The third-order valence-corrected chi connectivity index (χ3v) is 4.68. The van der Waals surface area contributed by atoms with Crippen molar-refractivity contribution in [3.63, 3.8) is 0 Å². The molecule has 2 aromatic rings. The molecule has 0 saturated carbocycles. The second-order valence-electron chi connectivity index (χ2n) is 4.80. The van der Waals surface area contributed by atoms with Crippen LogP contribution >= 0.6 is 27.5 Å². The Hall–Kier alpha value is -0.830. The number of rotatable bonds is 2. The Morgan fingerprint density at radius 3 is 2.81 bits per heavy atom. The first-order valence-corrected chi connectivity index (χ1v) is 7.43. The van der Waals surface area contributed by atoms with E-state index in [1.54, 1.807) is 12.3 Å². The lowest BCUT2D eigenvalue weighted by molar-refractivity contribution is -0.241. The lowest BCUT2D eigenvalue weighted by Gasteiger charge is -2.34. The first kappa shape index (κ1) is 15.1. The van der Waals surface area contributed by atoms with Gasteiger partial charge in [0.05, 0.1) is 22.5 Å². The number of hydrogen-bond donors (Lipinski definition) is 4. The van der Waals surface area contributed by atoms with Crippen molar-refractivity contribution in [2.75, 3.05) is 6.61 Å². The lowest BCUT2D eigenvalue weighted by atomic mass is 10.1. The molecule has 6 nitrogen and oxygen atoms in total. The second-order valence-corrected chi connectivity index (χ2v) is 6.04. The molecule has 0 bridgehead atoms. The largest absolute Gasteiger partial charge is 0.460 e. The van der Waals surface area contributed by atoms with Crippen LogP contribution in [-0.2, 0) is 4.74 Å². The summed E-state index contributed by atoms with van der Waals surface area (Å²) in [5.41, 5.74) is 0.768. The number of H-pyrrole nitrogens is 1. The molecule has 4 atom stereocenters. The molecule has 4 N–H and O–H groups in total. The number of nitrogens with one attached hydrogen (secondary N) is 1. The fraction of sp³-hybridized carbons (Fsp3) is 0.385. The van der Waals surface area contributed by atoms with Crippen LogP contribution in [-0.4, -0.2) is 51.5 Å². The van der Waals surface area contributed by atoms with Gasteiger partial charge in [-0.05, 0) is 28.1 Å². The number of aromatic amines is 1. The van der Waals surface area contributed by atoms with Crippen LogP contribution in [0.1, 0.15) is 0 Å². The van der Waals surface area contributed by atoms with Crippen LogP contribution < -0.4 is 4.74 Å². The Labute approximate surface area is 133 Å². The number of hydrogen-bond acceptors (Lipinski definition) is 5. The predicted molar refractivity (Wildman–Crippen MR) is 79.4 cm³/mol. The standard InChI is InChI=1S/C13H13BrClNO5/c14-5-1-2-6-9(10(5)15)8(3-16-6)21-13-12(19)11(18)7(17)4-20-13/h1-3,7,11-13,16-19H,4H2/t7-,11+,12+,13-/m0/s1. The van der Waals surface area contributed by atoms with E-state index in [0.717, 1.165) is 5.52 Å². The highest BCUT2D eigenvalue weighted by molar-refractivity contribution is 9.10. The summed E-state index contributed by atoms with van der Waals surface area (Å²) in [6, 6.07) is 3.63. The van der Waals surface area contributed by atoms with Gasteiger partial charge in [-0.2, -0.15) is 0 Å². The van der Waals surface area contributed by atoms with Crippen molar-refractivity contribution in [2.24, 2.45) is 0 Å². The highest BCUT2D eigenvalue weighted by Crippen LogP contribution is 2.37. The lowest BCUT2D eigenvalue weighted by Crippen LogP contribution is -2.54. The topological polar surface area (TPSA) is 94.9 Å². The number of halogens is 2. The quantitative estimate of drug-likeness (QED) is 0.634. The third-order valence-electron chi connectivity index (χ3n) is 3.40. The summed E-state index contributed by atoms with van der Waals surface area (Å²) in [4.78, 5) is 3.00. The van der Waals surface area contributed by atoms with Crippen molar-refractivity contribution < 1.29 is 24.8 Å². The number of aromatic nitrogens is 1. The van der Waals surface area contributed by atoms with Crippen molar-refractivity contribution >= 4 is 38.4 Å². The molecule has 1 aromatic carbocycles. The van der Waals surface area contributed by atoms with E-state index < -0.39 is 24.6 Å². The van der Waals surface area contributed by atoms with E-state index in [4.69, 9.17) is 21.1 Å². The van der Waals surface area contributed by atoms with Crippen molar-refractivity contribution in [2.45, 2.75) is 24.6 Å². The average Bonchev–Trinajstić information content (AvgIpc) is 2.87. The average molecular weight is 379 g/mol. The van der Waals surface area contributed by atoms with Crippen LogP contribution in [0.2, 0.25) is 5.02 Å². The number of aliphatic hydroxyl groups excluding tert-OH is 3. The van der Waals surface area contributed by atoms with Gasteiger partial charge in [0.2, 0.25) is 6.29 Å². The summed E-state index contributed by atoms with van der Waals surface area (Å²) in [6.07, 6.45) is -3.31. The molecule has 2 heterocycles. The molecule has 114 valence electrons. The molecule has 0 spiro atoms. The monoisotopic (exact) mass is 377 g/mol. The zero-order chi connectivity index (χ0) is 15.1. The molecule has 0 radical (unpaired) electrons. The number of fused-ring (bicyclic) bond motifs is 1. The molecular weight excluding hydrogens is 366 g/mol. The Kier molecular flexibility index (Phi) is 4.13. The van der Waals surface area contributed by atoms with Crippen molar-refractivity contribution in [1.29, 1.82) is 0 Å². The van der Waals surface area contributed by atoms with Crippen LogP contribution in [0.15, 0.2) is 22.8 Å². The van der Waals surface area contributed by atoms with Crippen LogP contribution in [0, 0.1) is 0 Å². The fourth-order valence-electron chi connectivity index (χ4n) is 2.23. The Balaban J connectivity index is 1.90. The molecule has 8 heteroatoms. The van der Waals surface area contributed by atoms with Gasteiger partial charge in [-0.3, -0.25) is 0 Å². The minimum Gasteiger partial charge on any atom is -0.460 e. The van der Waals surface area contributed by atoms with E-state index in [2.05, 4.69) is 20.9 Å². The van der Waals surface area contributed by atoms with Gasteiger partial charge in [-0.15, -0.1) is 0 Å². The molecular formula is C13H13BrClNO5. The molecule has 3 rings (SSSR count). The van der Waals surface area contributed by atoms with E-state index in [0.29, 0.717) is 20.6 Å². The van der Waals surface area contributed by atoms with E-state index in [-0.39, 0.29) is 6.61 Å². The maximum absolute atomic E-state index is 9.89. The Morgan fingerprint density at radius 1 is 1.29 bits per heavy atom. The molecule has 0 aliphatic carbocycles. The molecule has 1 aliphatic rings. The van der Waals surface area contributed by atoms with Crippen LogP contribution in [0.5, 0.6) is 5.75 Å². The number of aliphatic hydroxyl groups is 3. The molecule has 0 unspecified atom stereocenters. The number of benzene rings is 1. The van der Waals surface area contributed by atoms with E-state index in [1.807, 2.05) is 6.07 Å². The van der Waals surface area contributed by atoms with Crippen LogP contribution in [0.25, 0.3) is 10.9 Å². The smallest absolute Gasteiger partial charge is 0.229 e. The van der Waals surface area contributed by atoms with Gasteiger partial charge >= 0.3 is 0 Å². The SMILES string of the molecule is O[C@H]1[C@H](Oc2c[nH]c3ccc(Br)c(Cl)c23)OC[C@H](O)[C@H]1O. The molecule has 1 aliphatic heterocycles. The zero-order valence-corrected chi connectivity index (χ0v) is 13.0. The summed E-state index contributed by atoms with van der Waals surface area (Å²) < 4.78 is 11.5. The normalized spacial score (nSPS) is 29.8. The van der Waals surface area contributed by atoms with Crippen molar-refractivity contribution in [3.8, 4) is 5.75 Å². The van der Waals surface area contributed by atoms with Gasteiger partial charge in [0.1, 0.15) is 24.1 Å². The highest BCUT2D eigenvalue weighted by Gasteiger charge is 2.39. The van der Waals surface area contributed by atoms with Gasteiger partial charge in [0, 0.05) is 10.7 Å². The van der Waals surface area contributed by atoms with Crippen molar-refractivity contribution in [3.05, 3.63) is 27.8 Å². The van der Waals surface area contributed by atoms with Gasteiger partial charge in [0.15, 0.2) is 0 Å². The van der Waals surface area contributed by atoms with E-state index >= 15 is 0 Å². The van der Waals surface area contributed by atoms with Crippen LogP contribution in [0.3, 0.4) is 0 Å². The summed E-state index contributed by atoms with van der Waals surface area (Å²) in [7, 11) is 0. The van der Waals surface area contributed by atoms with Gasteiger partial charge in [-0.25, -0.2) is 0 Å². The second kappa shape index (κ2) is 5.75. The van der Waals surface area contributed by atoms with E-state index in [1.165, 1.54) is 0 Å². The molecule has 1 saturated heterocycles. The fourth-order valence-corrected chi connectivity index (χ4v) is 2.82. The van der Waals surface area contributed by atoms with Crippen molar-refractivity contribution in [1.82, 2.24) is 4.98 Å². The predicted octanol–water partition coefficient (Wildman–Crippen LogP) is 1.40. The zero-order valence-electron chi connectivity index (χ0n) is 10.7. The third kappa shape index (κ3) is 2.65. The Bertz CT molecular complexity index is 663. The highest BCUT2D eigenvalue weighted by atomic mass is 79.9. The van der Waals surface area contributed by atoms with Gasteiger partial charge in [-0.1, -0.05) is 11.6 Å². The molecule has 0 amide bonds. The first-order valence-electron chi connectivity index (χ1n) is 6.26. The molecule has 21 heavy (non-hydrogen) atoms. The maximum Gasteiger partial charge on any atom is 0.229 e. The summed E-state index contributed by atoms with van der Waals surface area (Å²) in [6.45, 7) is -0.122. The maximum atomic E-state index is 9.89. The summed E-state index contributed by atoms with van der Waals surface area (Å²) in [5.74, 6) is 0.393. The Morgan fingerprint density at radius 2 is 2.05 bits per heavy atom. The van der Waals surface area contributed by atoms with Gasteiger partial charge in [0.25, 0.3) is 0 Å². The molecule has 1 fully saturated rings. The van der Waals surface area contributed by atoms with Gasteiger partial charge < -0.3 is 29.8 Å². The minimum absolute atomic E-state index is 0.122. The minimum atomic E-state index is -1.36.